The van der Waals surface area contributed by atoms with Gasteiger partial charge >= 0.3 is 0 Å². The summed E-state index contributed by atoms with van der Waals surface area (Å²) in [7, 11) is -0.234. The molecule has 1 unspecified atom stereocenters. The van der Waals surface area contributed by atoms with Gasteiger partial charge in [-0.2, -0.15) is 0 Å². The Morgan fingerprint density at radius 1 is 1.05 bits per heavy atom. The topological polar surface area (TPSA) is 6.48 Å². The van der Waals surface area contributed by atoms with Gasteiger partial charge in [0.2, 0.25) is 0 Å². The molecule has 0 N–H and O–H groups in total. The van der Waals surface area contributed by atoms with Crippen molar-refractivity contribution in [2.45, 2.75) is 46.7 Å². The van der Waals surface area contributed by atoms with E-state index in [4.69, 9.17) is 0 Å². The molecule has 0 bridgehead atoms. The molecule has 107 valence electrons. The molecule has 3 radical (unpaired) electrons. The first-order valence-corrected chi connectivity index (χ1v) is 8.63. The van der Waals surface area contributed by atoms with E-state index in [-0.39, 0.29) is 16.6 Å². The molecule has 0 aromatic carbocycles. The molecule has 1 aliphatic rings. The van der Waals surface area contributed by atoms with E-state index >= 15 is 0 Å². The molecule has 4 heteroatoms. The zero-order valence-electron chi connectivity index (χ0n) is 13.3. The first kappa shape index (κ1) is 18.9. The van der Waals surface area contributed by atoms with Crippen molar-refractivity contribution in [2.24, 2.45) is 0 Å². The van der Waals surface area contributed by atoms with E-state index in [1.165, 1.54) is 0 Å². The second-order valence-electron chi connectivity index (χ2n) is 4.66. The van der Waals surface area contributed by atoms with Gasteiger partial charge in [0.15, 0.2) is 0 Å². The monoisotopic (exact) mass is 279 g/mol. The smallest absolute Gasteiger partial charge is 0.0509 e. The third kappa shape index (κ3) is 4.74. The molecular weight excluding hydrogens is 250 g/mol. The Kier molecular flexibility index (Phi) is 9.69. The van der Waals surface area contributed by atoms with Gasteiger partial charge in [-0.3, -0.25) is 9.34 Å². The van der Waals surface area contributed by atoms with Crippen molar-refractivity contribution in [2.75, 3.05) is 26.2 Å². The number of rotatable bonds is 7. The van der Waals surface area contributed by atoms with Crippen LogP contribution in [0.15, 0.2) is 23.8 Å². The van der Waals surface area contributed by atoms with Gasteiger partial charge in [-0.1, -0.05) is 51.5 Å². The fourth-order valence-corrected chi connectivity index (χ4v) is 5.52. The first-order valence-electron chi connectivity index (χ1n) is 7.31. The van der Waals surface area contributed by atoms with E-state index in [2.05, 4.69) is 62.2 Å². The predicted molar refractivity (Wildman–Crippen MR) is 89.8 cm³/mol. The number of nitrogens with zero attached hydrogens (tertiary/aromatic N) is 2. The van der Waals surface area contributed by atoms with Gasteiger partial charge in [-0.05, 0) is 13.3 Å². The molecule has 1 aliphatic carbocycles. The lowest BCUT2D eigenvalue weighted by Gasteiger charge is -2.42. The summed E-state index contributed by atoms with van der Waals surface area (Å²) in [5.41, 5.74) is 2.18. The Bertz CT molecular complexity index is 285. The second kappa shape index (κ2) is 9.74. The molecule has 1 atom stereocenters. The number of allylic oxidation sites excluding steroid dienone is 4. The quantitative estimate of drug-likeness (QED) is 0.396. The van der Waals surface area contributed by atoms with Crippen LogP contribution in [0, 0.1) is 0 Å². The average molecular weight is 279 g/mol. The SMILES string of the molecule is CCN(CC)P(C1C=CCC=C1C)N(CC)CC.[B]. The van der Waals surface area contributed by atoms with Gasteiger partial charge in [0.1, 0.15) is 0 Å². The second-order valence-corrected chi connectivity index (χ2v) is 6.98. The lowest BCUT2D eigenvalue weighted by molar-refractivity contribution is 0.420. The van der Waals surface area contributed by atoms with Crippen molar-refractivity contribution in [3.05, 3.63) is 23.8 Å². The first-order chi connectivity index (χ1) is 8.69. The van der Waals surface area contributed by atoms with Crippen molar-refractivity contribution in [3.63, 3.8) is 0 Å². The maximum absolute atomic E-state index is 2.65. The molecular formula is C15H29BN2P. The molecule has 0 heterocycles. The van der Waals surface area contributed by atoms with Crippen molar-refractivity contribution in [1.29, 1.82) is 0 Å². The lowest BCUT2D eigenvalue weighted by atomic mass is 10.1. The van der Waals surface area contributed by atoms with Crippen LogP contribution in [0.4, 0.5) is 0 Å². The number of hydrogen-bond donors (Lipinski definition) is 0. The summed E-state index contributed by atoms with van der Waals surface area (Å²) < 4.78 is 5.31. The van der Waals surface area contributed by atoms with Crippen molar-refractivity contribution in [1.82, 2.24) is 9.34 Å². The molecule has 0 spiro atoms. The highest BCUT2D eigenvalue weighted by molar-refractivity contribution is 7.54. The fraction of sp³-hybridized carbons (Fsp3) is 0.733. The molecule has 0 fully saturated rings. The maximum atomic E-state index is 2.65. The zero-order valence-corrected chi connectivity index (χ0v) is 14.2. The summed E-state index contributed by atoms with van der Waals surface area (Å²) in [6.45, 7) is 16.0. The van der Waals surface area contributed by atoms with Crippen molar-refractivity contribution >= 4 is 16.6 Å². The standard InChI is InChI=1S/C15H29N2P.B/c1-6-16(7-2)18(17(8-3)9-4)15-13-11-10-12-14(15)5;/h11-13,15H,6-10H2,1-5H3;. The van der Waals surface area contributed by atoms with Crippen LogP contribution in [0.3, 0.4) is 0 Å². The third-order valence-electron chi connectivity index (χ3n) is 3.65. The molecule has 0 aromatic rings. The number of hydrogen-bond acceptors (Lipinski definition) is 2. The Balaban J connectivity index is 0.00000324. The summed E-state index contributed by atoms with van der Waals surface area (Å²) in [5, 5.41) is 0. The largest absolute Gasteiger partial charge is 0.270 e. The molecule has 0 saturated heterocycles. The van der Waals surface area contributed by atoms with Crippen LogP contribution >= 0.6 is 8.22 Å². The molecule has 2 nitrogen and oxygen atoms in total. The fourth-order valence-electron chi connectivity index (χ4n) is 2.55. The Labute approximate surface area is 123 Å². The van der Waals surface area contributed by atoms with E-state index in [0.717, 1.165) is 32.6 Å². The Morgan fingerprint density at radius 2 is 1.53 bits per heavy atom. The molecule has 1 rings (SSSR count). The molecule has 0 aromatic heterocycles. The van der Waals surface area contributed by atoms with Crippen LogP contribution in [-0.4, -0.2) is 49.6 Å². The predicted octanol–water partition coefficient (Wildman–Crippen LogP) is 3.88. The Morgan fingerprint density at radius 3 is 1.89 bits per heavy atom. The normalized spacial score (nSPS) is 18.9. The molecule has 19 heavy (non-hydrogen) atoms. The van der Waals surface area contributed by atoms with Crippen LogP contribution < -0.4 is 0 Å². The van der Waals surface area contributed by atoms with Crippen LogP contribution in [0.2, 0.25) is 0 Å². The van der Waals surface area contributed by atoms with Crippen molar-refractivity contribution in [3.8, 4) is 0 Å². The third-order valence-corrected chi connectivity index (χ3v) is 7.02. The summed E-state index contributed by atoms with van der Waals surface area (Å²) in [6.07, 6.45) is 8.28. The summed E-state index contributed by atoms with van der Waals surface area (Å²) >= 11 is 0. The van der Waals surface area contributed by atoms with Crippen LogP contribution in [-0.2, 0) is 0 Å². The minimum Gasteiger partial charge on any atom is -0.270 e. The van der Waals surface area contributed by atoms with Gasteiger partial charge in [0.05, 0.1) is 8.22 Å². The van der Waals surface area contributed by atoms with Crippen LogP contribution in [0.25, 0.3) is 0 Å². The van der Waals surface area contributed by atoms with Crippen LogP contribution in [0.5, 0.6) is 0 Å². The van der Waals surface area contributed by atoms with Gasteiger partial charge in [0.25, 0.3) is 0 Å². The minimum atomic E-state index is -0.234. The highest BCUT2D eigenvalue weighted by Gasteiger charge is 2.30. The zero-order chi connectivity index (χ0) is 13.5. The van der Waals surface area contributed by atoms with E-state index in [1.807, 2.05) is 0 Å². The van der Waals surface area contributed by atoms with Gasteiger partial charge in [-0.15, -0.1) is 0 Å². The van der Waals surface area contributed by atoms with Gasteiger partial charge < -0.3 is 0 Å². The van der Waals surface area contributed by atoms with Gasteiger partial charge in [0, 0.05) is 40.3 Å². The van der Waals surface area contributed by atoms with Crippen LogP contribution in [0.1, 0.15) is 41.0 Å². The van der Waals surface area contributed by atoms with E-state index in [0.29, 0.717) is 5.66 Å². The maximum Gasteiger partial charge on any atom is 0.0509 e. The van der Waals surface area contributed by atoms with E-state index in [9.17, 15) is 0 Å². The van der Waals surface area contributed by atoms with Crippen molar-refractivity contribution < 1.29 is 0 Å². The molecule has 0 amide bonds. The summed E-state index contributed by atoms with van der Waals surface area (Å²) in [4.78, 5) is 0. The van der Waals surface area contributed by atoms with E-state index < -0.39 is 0 Å². The average Bonchev–Trinajstić information content (AvgIpc) is 2.40. The minimum absolute atomic E-state index is 0. The van der Waals surface area contributed by atoms with E-state index in [1.54, 1.807) is 5.57 Å². The molecule has 0 saturated carbocycles. The highest BCUT2D eigenvalue weighted by Crippen LogP contribution is 2.52. The highest BCUT2D eigenvalue weighted by atomic mass is 31.1. The van der Waals surface area contributed by atoms with Gasteiger partial charge in [-0.25, -0.2) is 0 Å². The summed E-state index contributed by atoms with van der Waals surface area (Å²) in [6, 6.07) is 0. The molecule has 0 aliphatic heterocycles. The Hall–Kier alpha value is -0.105. The lowest BCUT2D eigenvalue weighted by Crippen LogP contribution is -2.34. The summed E-state index contributed by atoms with van der Waals surface area (Å²) in [5.74, 6) is 0.